The van der Waals surface area contributed by atoms with Crippen molar-refractivity contribution in [3.8, 4) is 0 Å². The number of methoxy groups -OCH3 is 1. The van der Waals surface area contributed by atoms with Crippen molar-refractivity contribution in [3.05, 3.63) is 52.7 Å². The molecule has 1 aliphatic rings. The van der Waals surface area contributed by atoms with Gasteiger partial charge in [0.1, 0.15) is 0 Å². The number of ether oxygens (including phenoxy) is 1. The maximum atomic E-state index is 12.6. The zero-order valence-corrected chi connectivity index (χ0v) is 14.3. The molecule has 5 nitrogen and oxygen atoms in total. The topological polar surface area (TPSA) is 72.5 Å². The van der Waals surface area contributed by atoms with Crippen LogP contribution in [0, 0.1) is 5.41 Å². The number of nitrogens with one attached hydrogen (secondary N) is 1. The first-order valence-corrected chi connectivity index (χ1v) is 7.66. The van der Waals surface area contributed by atoms with E-state index < -0.39 is 5.97 Å². The van der Waals surface area contributed by atoms with Gasteiger partial charge in [-0.3, -0.25) is 9.59 Å². The Morgan fingerprint density at radius 3 is 2.58 bits per heavy atom. The average Bonchev–Trinajstić information content (AvgIpc) is 2.53. The molecule has 1 aromatic carbocycles. The lowest BCUT2D eigenvalue weighted by Gasteiger charge is -2.23. The van der Waals surface area contributed by atoms with Crippen molar-refractivity contribution < 1.29 is 19.1 Å². The highest BCUT2D eigenvalue weighted by Crippen LogP contribution is 2.25. The molecule has 0 unspecified atom stereocenters. The monoisotopic (exact) mass is 327 g/mol. The Morgan fingerprint density at radius 2 is 1.96 bits per heavy atom. The van der Waals surface area contributed by atoms with Crippen LogP contribution in [-0.2, 0) is 9.53 Å². The van der Waals surface area contributed by atoms with E-state index in [1.165, 1.54) is 25.3 Å². The lowest BCUT2D eigenvalue weighted by Crippen LogP contribution is -2.32. The summed E-state index contributed by atoms with van der Waals surface area (Å²) in [5.41, 5.74) is 1.45. The van der Waals surface area contributed by atoms with Crippen molar-refractivity contribution in [2.24, 2.45) is 5.41 Å². The summed E-state index contributed by atoms with van der Waals surface area (Å²) in [6.07, 6.45) is 4.04. The van der Waals surface area contributed by atoms with Crippen molar-refractivity contribution in [1.82, 2.24) is 5.32 Å². The molecule has 1 aliphatic carbocycles. The zero-order chi connectivity index (χ0) is 17.9. The van der Waals surface area contributed by atoms with E-state index in [1.54, 1.807) is 18.2 Å². The van der Waals surface area contributed by atoms with E-state index in [0.29, 0.717) is 28.9 Å². The van der Waals surface area contributed by atoms with Crippen molar-refractivity contribution in [2.45, 2.75) is 20.8 Å². The Kier molecular flexibility index (Phi) is 5.02. The molecule has 0 bridgehead atoms. The van der Waals surface area contributed by atoms with Gasteiger partial charge >= 0.3 is 5.97 Å². The molecule has 0 atom stereocenters. The molecule has 1 aromatic rings. The molecular formula is C19H21NO4. The maximum Gasteiger partial charge on any atom is 0.330 e. The number of carbonyl (C=O) groups is 3. The molecule has 2 rings (SSSR count). The third-order valence-electron chi connectivity index (χ3n) is 3.52. The summed E-state index contributed by atoms with van der Waals surface area (Å²) in [5.74, 6) is -1.00. The van der Waals surface area contributed by atoms with Crippen molar-refractivity contribution in [3.63, 3.8) is 0 Å². The van der Waals surface area contributed by atoms with Crippen LogP contribution < -0.4 is 5.32 Å². The molecule has 0 fully saturated rings. The number of allylic oxidation sites excluding steroid dienone is 2. The van der Waals surface area contributed by atoms with Gasteiger partial charge in [-0.2, -0.15) is 0 Å². The quantitative estimate of drug-likeness (QED) is 0.680. The molecule has 0 saturated heterocycles. The highest BCUT2D eigenvalue weighted by atomic mass is 16.5. The fourth-order valence-corrected chi connectivity index (χ4v) is 2.30. The molecule has 0 amide bonds. The Morgan fingerprint density at radius 1 is 1.25 bits per heavy atom. The number of rotatable bonds is 4. The Labute approximate surface area is 141 Å². The first-order valence-electron chi connectivity index (χ1n) is 7.66. The summed E-state index contributed by atoms with van der Waals surface area (Å²) in [7, 11) is 1.28. The van der Waals surface area contributed by atoms with E-state index in [9.17, 15) is 14.4 Å². The molecule has 1 N–H and O–H groups in total. The number of benzene rings is 1. The number of ketones is 2. The van der Waals surface area contributed by atoms with Crippen molar-refractivity contribution >= 4 is 23.6 Å². The molecule has 0 aromatic heterocycles. The molecule has 0 radical (unpaired) electrons. The summed E-state index contributed by atoms with van der Waals surface area (Å²) < 4.78 is 4.55. The number of carbonyl (C=O) groups excluding carboxylic acids is 3. The van der Waals surface area contributed by atoms with Gasteiger partial charge in [-0.1, -0.05) is 39.0 Å². The van der Waals surface area contributed by atoms with E-state index in [1.807, 2.05) is 20.8 Å². The second kappa shape index (κ2) is 6.83. The smallest absolute Gasteiger partial charge is 0.330 e. The van der Waals surface area contributed by atoms with Crippen LogP contribution in [-0.4, -0.2) is 31.2 Å². The second-order valence-electron chi connectivity index (χ2n) is 6.79. The number of fused-ring (bicyclic) bond motifs is 1. The van der Waals surface area contributed by atoms with E-state index in [0.717, 1.165) is 0 Å². The van der Waals surface area contributed by atoms with E-state index >= 15 is 0 Å². The number of esters is 1. The fraction of sp³-hybridized carbons (Fsp3) is 0.316. The van der Waals surface area contributed by atoms with Crippen LogP contribution in [0.1, 0.15) is 47.1 Å². The summed E-state index contributed by atoms with van der Waals surface area (Å²) in [6.45, 7) is 6.70. The first-order chi connectivity index (χ1) is 11.2. The van der Waals surface area contributed by atoms with Gasteiger partial charge in [0.15, 0.2) is 5.78 Å². The van der Waals surface area contributed by atoms with Gasteiger partial charge < -0.3 is 10.1 Å². The number of hydrogen-bond donors (Lipinski definition) is 1. The summed E-state index contributed by atoms with van der Waals surface area (Å²) >= 11 is 0. The Bertz CT molecular complexity index is 751. The molecule has 24 heavy (non-hydrogen) atoms. The molecule has 5 heteroatoms. The van der Waals surface area contributed by atoms with Crippen molar-refractivity contribution in [1.29, 1.82) is 0 Å². The third-order valence-corrected chi connectivity index (χ3v) is 3.52. The molecule has 0 saturated carbocycles. The highest BCUT2D eigenvalue weighted by Gasteiger charge is 2.27. The molecule has 0 spiro atoms. The van der Waals surface area contributed by atoms with Gasteiger partial charge in [0.05, 0.1) is 12.8 Å². The van der Waals surface area contributed by atoms with Gasteiger partial charge in [-0.25, -0.2) is 4.79 Å². The number of Topliss-reactive ketones (excluding diaryl/α,β-unsaturated/α-hetero) is 1. The first kappa shape index (κ1) is 17.7. The zero-order valence-electron chi connectivity index (χ0n) is 14.3. The van der Waals surface area contributed by atoms with E-state index in [2.05, 4.69) is 10.1 Å². The van der Waals surface area contributed by atoms with Crippen LogP contribution in [0.25, 0.3) is 6.08 Å². The minimum atomic E-state index is -0.523. The number of hydrogen-bond acceptors (Lipinski definition) is 5. The Balaban J connectivity index is 2.35. The lowest BCUT2D eigenvalue weighted by atomic mass is 9.88. The second-order valence-corrected chi connectivity index (χ2v) is 6.79. The van der Waals surface area contributed by atoms with Crippen LogP contribution in [0.4, 0.5) is 0 Å². The standard InChI is InChI=1S/C19H21NO4/c1-19(2,3)11-20-14-10-15(21)17-12(8-9-16(22)24-4)6-5-7-13(17)18(14)23/h5-10,20H,11H2,1-4H3/b9-8+. The van der Waals surface area contributed by atoms with Crippen LogP contribution in [0.2, 0.25) is 0 Å². The minimum absolute atomic E-state index is 0.0183. The summed E-state index contributed by atoms with van der Waals surface area (Å²) in [6, 6.07) is 5.00. The van der Waals surface area contributed by atoms with Crippen LogP contribution in [0.5, 0.6) is 0 Å². The summed E-state index contributed by atoms with van der Waals surface area (Å²) in [4.78, 5) is 36.4. The van der Waals surface area contributed by atoms with Gasteiger partial charge in [0, 0.05) is 29.8 Å². The van der Waals surface area contributed by atoms with E-state index in [-0.39, 0.29) is 17.0 Å². The third kappa shape index (κ3) is 3.98. The van der Waals surface area contributed by atoms with Gasteiger partial charge in [-0.15, -0.1) is 0 Å². The maximum absolute atomic E-state index is 12.6. The predicted octanol–water partition coefficient (Wildman–Crippen LogP) is 2.77. The van der Waals surface area contributed by atoms with Crippen LogP contribution in [0.3, 0.4) is 0 Å². The lowest BCUT2D eigenvalue weighted by molar-refractivity contribution is -0.134. The normalized spacial score (nSPS) is 14.4. The van der Waals surface area contributed by atoms with Gasteiger partial charge in [-0.05, 0) is 17.1 Å². The summed E-state index contributed by atoms with van der Waals surface area (Å²) in [5, 5.41) is 3.06. The molecule has 0 aliphatic heterocycles. The van der Waals surface area contributed by atoms with Crippen molar-refractivity contribution in [2.75, 3.05) is 13.7 Å². The van der Waals surface area contributed by atoms with Crippen LogP contribution >= 0.6 is 0 Å². The largest absolute Gasteiger partial charge is 0.466 e. The Hall–Kier alpha value is -2.69. The van der Waals surface area contributed by atoms with Gasteiger partial charge in [0.2, 0.25) is 5.78 Å². The predicted molar refractivity (Wildman–Crippen MR) is 91.7 cm³/mol. The molecule has 0 heterocycles. The van der Waals surface area contributed by atoms with Crippen LogP contribution in [0.15, 0.2) is 36.0 Å². The fourth-order valence-electron chi connectivity index (χ4n) is 2.30. The van der Waals surface area contributed by atoms with E-state index in [4.69, 9.17) is 0 Å². The highest BCUT2D eigenvalue weighted by molar-refractivity contribution is 6.25. The average molecular weight is 327 g/mol. The SMILES string of the molecule is COC(=O)/C=C/c1cccc2c1C(=O)C=C(NCC(C)(C)C)C2=O. The molecular weight excluding hydrogens is 306 g/mol. The van der Waals surface area contributed by atoms with Gasteiger partial charge in [0.25, 0.3) is 0 Å². The minimum Gasteiger partial charge on any atom is -0.466 e. The molecule has 126 valence electrons.